The molecule has 0 aliphatic heterocycles. The molecule has 1 unspecified atom stereocenters. The number of hydrogen-bond acceptors (Lipinski definition) is 5. The topological polar surface area (TPSA) is 55.2 Å². The van der Waals surface area contributed by atoms with Gasteiger partial charge in [0.25, 0.3) is 5.56 Å². The molecular formula is C20H21N3O2S2. The monoisotopic (exact) mass is 399 g/mol. The van der Waals surface area contributed by atoms with Gasteiger partial charge in [-0.2, -0.15) is 0 Å². The average molecular weight is 400 g/mol. The van der Waals surface area contributed by atoms with Crippen LogP contribution in [0.1, 0.15) is 6.92 Å². The molecule has 0 bridgehead atoms. The number of carbonyl (C=O) groups excluding carboxylic acids is 1. The number of fused-ring (bicyclic) bond motifs is 1. The lowest BCUT2D eigenvalue weighted by Crippen LogP contribution is -2.31. The van der Waals surface area contributed by atoms with Gasteiger partial charge in [-0.3, -0.25) is 14.2 Å². The number of amides is 1. The van der Waals surface area contributed by atoms with E-state index in [1.54, 1.807) is 29.6 Å². The third-order valence-electron chi connectivity index (χ3n) is 4.04. The van der Waals surface area contributed by atoms with Crippen LogP contribution in [-0.2, 0) is 11.3 Å². The fourth-order valence-electron chi connectivity index (χ4n) is 2.69. The van der Waals surface area contributed by atoms with Crippen molar-refractivity contribution in [2.75, 3.05) is 14.1 Å². The van der Waals surface area contributed by atoms with Crippen LogP contribution in [0, 0.1) is 0 Å². The summed E-state index contributed by atoms with van der Waals surface area (Å²) in [6.07, 6.45) is 1.67. The number of aromatic nitrogens is 2. The standard InChI is InChI=1S/C20H21N3O2S2/c1-5-11-23-19(25)17-15(12-16(27-17)14-9-7-6-8-10-14)21-20(23)26-13(2)18(24)22(3)4/h5-10,12-13H,1,11H2,2-4H3. The van der Waals surface area contributed by atoms with E-state index >= 15 is 0 Å². The quantitative estimate of drug-likeness (QED) is 0.359. The molecule has 3 rings (SSSR count). The Morgan fingerprint density at radius 2 is 2.07 bits per heavy atom. The van der Waals surface area contributed by atoms with E-state index in [4.69, 9.17) is 4.98 Å². The molecule has 0 aliphatic carbocycles. The van der Waals surface area contributed by atoms with Crippen molar-refractivity contribution in [3.8, 4) is 10.4 Å². The summed E-state index contributed by atoms with van der Waals surface area (Å²) < 4.78 is 2.21. The lowest BCUT2D eigenvalue weighted by molar-refractivity contribution is -0.127. The highest BCUT2D eigenvalue weighted by Crippen LogP contribution is 2.32. The summed E-state index contributed by atoms with van der Waals surface area (Å²) in [6, 6.07) is 11.9. The summed E-state index contributed by atoms with van der Waals surface area (Å²) in [7, 11) is 3.44. The van der Waals surface area contributed by atoms with Crippen LogP contribution in [0.2, 0.25) is 0 Å². The van der Waals surface area contributed by atoms with Gasteiger partial charge in [0.05, 0.1) is 10.8 Å². The fraction of sp³-hybridized carbons (Fsp3) is 0.250. The molecule has 0 spiro atoms. The molecule has 0 saturated heterocycles. The summed E-state index contributed by atoms with van der Waals surface area (Å²) in [4.78, 5) is 32.5. The van der Waals surface area contributed by atoms with Crippen LogP contribution in [0.4, 0.5) is 0 Å². The molecule has 2 aromatic heterocycles. The molecule has 140 valence electrons. The van der Waals surface area contributed by atoms with Gasteiger partial charge in [-0.25, -0.2) is 4.98 Å². The van der Waals surface area contributed by atoms with E-state index in [-0.39, 0.29) is 16.7 Å². The summed E-state index contributed by atoms with van der Waals surface area (Å²) in [6.45, 7) is 5.92. The smallest absolute Gasteiger partial charge is 0.272 e. The predicted octanol–water partition coefficient (Wildman–Crippen LogP) is 3.88. The molecule has 27 heavy (non-hydrogen) atoms. The molecular weight excluding hydrogens is 378 g/mol. The van der Waals surface area contributed by atoms with Gasteiger partial charge >= 0.3 is 0 Å². The van der Waals surface area contributed by atoms with Crippen molar-refractivity contribution in [2.24, 2.45) is 0 Å². The largest absolute Gasteiger partial charge is 0.348 e. The Balaban J connectivity index is 2.10. The van der Waals surface area contributed by atoms with Crippen molar-refractivity contribution in [3.63, 3.8) is 0 Å². The van der Waals surface area contributed by atoms with E-state index in [1.165, 1.54) is 23.1 Å². The Bertz CT molecular complexity index is 1040. The van der Waals surface area contributed by atoms with Crippen molar-refractivity contribution >= 4 is 39.2 Å². The fourth-order valence-corrected chi connectivity index (χ4v) is 4.80. The van der Waals surface area contributed by atoms with Crippen LogP contribution in [0.5, 0.6) is 0 Å². The second kappa shape index (κ2) is 8.10. The third-order valence-corrected chi connectivity index (χ3v) is 6.28. The van der Waals surface area contributed by atoms with Crippen LogP contribution in [-0.4, -0.2) is 39.7 Å². The SMILES string of the molecule is C=CCn1c(SC(C)C(=O)N(C)C)nc2cc(-c3ccccc3)sc2c1=O. The minimum absolute atomic E-state index is 0.0187. The number of rotatable bonds is 6. The molecule has 3 aromatic rings. The summed E-state index contributed by atoms with van der Waals surface area (Å²) >= 11 is 2.74. The van der Waals surface area contributed by atoms with Gasteiger partial charge < -0.3 is 4.90 Å². The minimum Gasteiger partial charge on any atom is -0.348 e. The molecule has 1 amide bonds. The highest BCUT2D eigenvalue weighted by atomic mass is 32.2. The van der Waals surface area contributed by atoms with Gasteiger partial charge in [0, 0.05) is 25.5 Å². The zero-order valence-corrected chi connectivity index (χ0v) is 17.1. The van der Waals surface area contributed by atoms with E-state index in [9.17, 15) is 9.59 Å². The molecule has 1 aromatic carbocycles. The molecule has 0 aliphatic rings. The maximum absolute atomic E-state index is 13.0. The van der Waals surface area contributed by atoms with Crippen LogP contribution >= 0.6 is 23.1 Å². The summed E-state index contributed by atoms with van der Waals surface area (Å²) in [5.74, 6) is -0.0187. The second-order valence-corrected chi connectivity index (χ2v) is 8.64. The Kier molecular flexibility index (Phi) is 5.82. The van der Waals surface area contributed by atoms with Crippen molar-refractivity contribution in [1.29, 1.82) is 0 Å². The Morgan fingerprint density at radius 3 is 2.70 bits per heavy atom. The number of thioether (sulfide) groups is 1. The molecule has 1 atom stereocenters. The average Bonchev–Trinajstić information content (AvgIpc) is 3.09. The number of benzene rings is 1. The lowest BCUT2D eigenvalue weighted by Gasteiger charge is -2.17. The highest BCUT2D eigenvalue weighted by Gasteiger charge is 2.21. The third kappa shape index (κ3) is 3.99. The minimum atomic E-state index is -0.340. The first-order valence-corrected chi connectivity index (χ1v) is 10.2. The van der Waals surface area contributed by atoms with Crippen molar-refractivity contribution < 1.29 is 4.79 Å². The van der Waals surface area contributed by atoms with Crippen LogP contribution in [0.3, 0.4) is 0 Å². The van der Waals surface area contributed by atoms with E-state index in [0.717, 1.165) is 10.4 Å². The number of carbonyl (C=O) groups is 1. The van der Waals surface area contributed by atoms with Gasteiger partial charge in [-0.05, 0) is 18.6 Å². The number of hydrogen-bond donors (Lipinski definition) is 0. The molecule has 0 N–H and O–H groups in total. The Morgan fingerprint density at radius 1 is 1.37 bits per heavy atom. The van der Waals surface area contributed by atoms with Crippen molar-refractivity contribution in [3.05, 3.63) is 59.4 Å². The van der Waals surface area contributed by atoms with Gasteiger partial charge in [0.15, 0.2) is 5.16 Å². The molecule has 0 fully saturated rings. The van der Waals surface area contributed by atoms with Crippen molar-refractivity contribution in [2.45, 2.75) is 23.9 Å². The van der Waals surface area contributed by atoms with Gasteiger partial charge in [0.2, 0.25) is 5.91 Å². The van der Waals surface area contributed by atoms with E-state index in [1.807, 2.05) is 43.3 Å². The van der Waals surface area contributed by atoms with Crippen molar-refractivity contribution in [1.82, 2.24) is 14.5 Å². The maximum atomic E-state index is 13.0. The summed E-state index contributed by atoms with van der Waals surface area (Å²) in [5.41, 5.74) is 1.62. The first kappa shape index (κ1) is 19.4. The normalized spacial score (nSPS) is 12.1. The molecule has 0 radical (unpaired) electrons. The molecule has 2 heterocycles. The molecule has 7 heteroatoms. The molecule has 5 nitrogen and oxygen atoms in total. The van der Waals surface area contributed by atoms with E-state index in [2.05, 4.69) is 6.58 Å². The first-order chi connectivity index (χ1) is 12.9. The van der Waals surface area contributed by atoms with E-state index in [0.29, 0.717) is 21.9 Å². The maximum Gasteiger partial charge on any atom is 0.272 e. The van der Waals surface area contributed by atoms with Crippen LogP contribution in [0.15, 0.2) is 59.0 Å². The second-order valence-electron chi connectivity index (χ2n) is 6.28. The van der Waals surface area contributed by atoms with E-state index < -0.39 is 0 Å². The zero-order valence-electron chi connectivity index (χ0n) is 15.5. The van der Waals surface area contributed by atoms with Gasteiger partial charge in [-0.1, -0.05) is 48.2 Å². The van der Waals surface area contributed by atoms with Crippen LogP contribution in [0.25, 0.3) is 20.7 Å². The zero-order chi connectivity index (χ0) is 19.6. The summed E-state index contributed by atoms with van der Waals surface area (Å²) in [5, 5.41) is 0.195. The highest BCUT2D eigenvalue weighted by molar-refractivity contribution is 8.00. The van der Waals surface area contributed by atoms with Gasteiger partial charge in [-0.15, -0.1) is 17.9 Å². The van der Waals surface area contributed by atoms with Gasteiger partial charge in [0.1, 0.15) is 4.70 Å². The number of thiophene rings is 1. The number of allylic oxidation sites excluding steroid dienone is 1. The lowest BCUT2D eigenvalue weighted by atomic mass is 10.2. The Labute approximate surface area is 166 Å². The number of nitrogens with zero attached hydrogens (tertiary/aromatic N) is 3. The Hall–Kier alpha value is -2.38. The van der Waals surface area contributed by atoms with Crippen LogP contribution < -0.4 is 5.56 Å². The first-order valence-electron chi connectivity index (χ1n) is 8.51. The predicted molar refractivity (Wildman–Crippen MR) is 114 cm³/mol. The molecule has 0 saturated carbocycles.